The molecule has 2 aromatic rings. The second-order valence-electron chi connectivity index (χ2n) is 3.96. The first-order valence-corrected chi connectivity index (χ1v) is 6.41. The summed E-state index contributed by atoms with van der Waals surface area (Å²) in [5.41, 5.74) is 1.89. The van der Waals surface area contributed by atoms with Crippen molar-refractivity contribution in [2.24, 2.45) is 4.99 Å². The minimum absolute atomic E-state index is 0.429. The molecule has 5 heteroatoms. The van der Waals surface area contributed by atoms with E-state index in [2.05, 4.69) is 21.9 Å². The van der Waals surface area contributed by atoms with Gasteiger partial charge in [-0.05, 0) is 25.8 Å². The van der Waals surface area contributed by atoms with Crippen molar-refractivity contribution >= 4 is 39.0 Å². The topological polar surface area (TPSA) is 38.1 Å². The molecular formula is C11H10ClN3S. The van der Waals surface area contributed by atoms with Gasteiger partial charge in [0.1, 0.15) is 5.01 Å². The lowest BCUT2D eigenvalue weighted by atomic mass is 10.2. The fourth-order valence-corrected chi connectivity index (χ4v) is 3.03. The summed E-state index contributed by atoms with van der Waals surface area (Å²) < 4.78 is 1.03. The van der Waals surface area contributed by atoms with Crippen molar-refractivity contribution < 1.29 is 0 Å². The molecule has 1 aliphatic heterocycles. The molecule has 16 heavy (non-hydrogen) atoms. The Morgan fingerprint density at radius 1 is 1.50 bits per heavy atom. The summed E-state index contributed by atoms with van der Waals surface area (Å²) in [6.45, 7) is 2.13. The van der Waals surface area contributed by atoms with Crippen molar-refractivity contribution in [1.82, 2.24) is 9.97 Å². The molecule has 0 spiro atoms. The van der Waals surface area contributed by atoms with Crippen molar-refractivity contribution in [3.8, 4) is 0 Å². The average Bonchev–Trinajstić information content (AvgIpc) is 2.83. The zero-order valence-electron chi connectivity index (χ0n) is 8.77. The molecule has 1 aliphatic rings. The lowest BCUT2D eigenvalue weighted by Gasteiger charge is -1.90. The Labute approximate surface area is 102 Å². The molecule has 0 saturated heterocycles. The highest BCUT2D eigenvalue weighted by molar-refractivity contribution is 7.20. The number of rotatable bonds is 1. The Kier molecular flexibility index (Phi) is 2.41. The highest BCUT2D eigenvalue weighted by Gasteiger charge is 2.18. The van der Waals surface area contributed by atoms with Gasteiger partial charge in [-0.25, -0.2) is 9.97 Å². The molecule has 0 N–H and O–H groups in total. The first kappa shape index (κ1) is 10.2. The minimum atomic E-state index is 0.429. The fraction of sp³-hybridized carbons (Fsp3) is 0.364. The fourth-order valence-electron chi connectivity index (χ4n) is 1.82. The molecule has 1 atom stereocenters. The van der Waals surface area contributed by atoms with E-state index in [1.54, 1.807) is 17.5 Å². The third kappa shape index (κ3) is 1.72. The highest BCUT2D eigenvalue weighted by Crippen LogP contribution is 2.27. The third-order valence-electron chi connectivity index (χ3n) is 2.64. The first-order valence-electron chi connectivity index (χ1n) is 5.21. The summed E-state index contributed by atoms with van der Waals surface area (Å²) in [6.07, 6.45) is 3.78. The van der Waals surface area contributed by atoms with Crippen LogP contribution in [0.1, 0.15) is 24.8 Å². The molecular weight excluding hydrogens is 242 g/mol. The van der Waals surface area contributed by atoms with Crippen LogP contribution in [0, 0.1) is 0 Å². The van der Waals surface area contributed by atoms with Gasteiger partial charge in [0.05, 0.1) is 15.4 Å². The summed E-state index contributed by atoms with van der Waals surface area (Å²) in [5.74, 6) is 0. The predicted octanol–water partition coefficient (Wildman–Crippen LogP) is 3.32. The molecule has 0 saturated carbocycles. The molecule has 0 fully saturated rings. The third-order valence-corrected chi connectivity index (χ3v) is 3.88. The van der Waals surface area contributed by atoms with Crippen molar-refractivity contribution in [3.05, 3.63) is 22.3 Å². The van der Waals surface area contributed by atoms with Gasteiger partial charge in [-0.3, -0.25) is 4.99 Å². The van der Waals surface area contributed by atoms with Gasteiger partial charge < -0.3 is 0 Å². The van der Waals surface area contributed by atoms with Crippen molar-refractivity contribution in [1.29, 1.82) is 0 Å². The molecule has 3 nitrogen and oxygen atoms in total. The monoisotopic (exact) mass is 251 g/mol. The van der Waals surface area contributed by atoms with Crippen LogP contribution in [0.3, 0.4) is 0 Å². The van der Waals surface area contributed by atoms with E-state index in [9.17, 15) is 0 Å². The number of halogens is 1. The second-order valence-corrected chi connectivity index (χ2v) is 5.42. The molecule has 3 heterocycles. The Bertz CT molecular complexity index is 576. The van der Waals surface area contributed by atoms with Gasteiger partial charge in [0.25, 0.3) is 0 Å². The van der Waals surface area contributed by atoms with Gasteiger partial charge in [-0.1, -0.05) is 11.6 Å². The van der Waals surface area contributed by atoms with Crippen LogP contribution in [0.5, 0.6) is 0 Å². The summed E-state index contributed by atoms with van der Waals surface area (Å²) >= 11 is 7.52. The molecule has 0 aliphatic carbocycles. The van der Waals surface area contributed by atoms with Crippen LogP contribution in [-0.2, 0) is 0 Å². The van der Waals surface area contributed by atoms with Crippen LogP contribution in [0.15, 0.2) is 17.3 Å². The van der Waals surface area contributed by atoms with Crippen LogP contribution in [-0.4, -0.2) is 21.7 Å². The Balaban J connectivity index is 2.09. The van der Waals surface area contributed by atoms with Crippen LogP contribution in [0.25, 0.3) is 10.3 Å². The van der Waals surface area contributed by atoms with Gasteiger partial charge in [0, 0.05) is 12.2 Å². The van der Waals surface area contributed by atoms with Crippen LogP contribution < -0.4 is 0 Å². The van der Waals surface area contributed by atoms with Gasteiger partial charge in [-0.15, -0.1) is 11.3 Å². The van der Waals surface area contributed by atoms with Crippen LogP contribution in [0.4, 0.5) is 0 Å². The lowest BCUT2D eigenvalue weighted by molar-refractivity contribution is 0.739. The van der Waals surface area contributed by atoms with Crippen molar-refractivity contribution in [2.45, 2.75) is 25.8 Å². The van der Waals surface area contributed by atoms with E-state index in [-0.39, 0.29) is 0 Å². The van der Waals surface area contributed by atoms with Gasteiger partial charge in [0.2, 0.25) is 0 Å². The zero-order valence-corrected chi connectivity index (χ0v) is 10.3. The van der Waals surface area contributed by atoms with E-state index >= 15 is 0 Å². The maximum atomic E-state index is 5.90. The number of hydrogen-bond acceptors (Lipinski definition) is 4. The zero-order chi connectivity index (χ0) is 11.1. The van der Waals surface area contributed by atoms with Gasteiger partial charge in [-0.2, -0.15) is 0 Å². The molecule has 2 aromatic heterocycles. The van der Waals surface area contributed by atoms with E-state index in [1.807, 2.05) is 6.07 Å². The molecule has 0 aromatic carbocycles. The lowest BCUT2D eigenvalue weighted by Crippen LogP contribution is -1.94. The van der Waals surface area contributed by atoms with E-state index in [4.69, 9.17) is 11.6 Å². The smallest absolute Gasteiger partial charge is 0.171 e. The Hall–Kier alpha value is -1.00. The average molecular weight is 252 g/mol. The number of aromatic nitrogens is 2. The Morgan fingerprint density at radius 3 is 3.12 bits per heavy atom. The first-order chi connectivity index (χ1) is 7.72. The standard InChI is InChI=1S/C11H10ClN3S/c1-6-2-3-8(14-6)11-15-10-9(16-11)4-7(12)5-13-10/h4-6H,2-3H2,1H3. The van der Waals surface area contributed by atoms with Crippen LogP contribution in [0.2, 0.25) is 5.02 Å². The van der Waals surface area contributed by atoms with Crippen molar-refractivity contribution in [2.75, 3.05) is 0 Å². The summed E-state index contributed by atoms with van der Waals surface area (Å²) in [7, 11) is 0. The SMILES string of the molecule is CC1CCC(c2nc3ncc(Cl)cc3s2)=N1. The number of aliphatic imine (C=N–C) groups is 1. The number of hydrogen-bond donors (Lipinski definition) is 0. The molecule has 1 unspecified atom stereocenters. The Morgan fingerprint density at radius 2 is 2.38 bits per heavy atom. The largest absolute Gasteiger partial charge is 0.284 e. The number of pyridine rings is 1. The summed E-state index contributed by atoms with van der Waals surface area (Å²) in [5, 5.41) is 1.65. The van der Waals surface area contributed by atoms with E-state index < -0.39 is 0 Å². The quantitative estimate of drug-likeness (QED) is 0.780. The number of nitrogens with zero attached hydrogens (tertiary/aromatic N) is 3. The van der Waals surface area contributed by atoms with Crippen molar-refractivity contribution in [3.63, 3.8) is 0 Å². The molecule has 0 radical (unpaired) electrons. The second kappa shape index (κ2) is 3.79. The van der Waals surface area contributed by atoms with Gasteiger partial charge in [0.15, 0.2) is 5.65 Å². The van der Waals surface area contributed by atoms with Crippen LogP contribution >= 0.6 is 22.9 Å². The predicted molar refractivity (Wildman–Crippen MR) is 67.7 cm³/mol. The minimum Gasteiger partial charge on any atom is -0.284 e. The maximum Gasteiger partial charge on any atom is 0.171 e. The van der Waals surface area contributed by atoms with E-state index in [0.29, 0.717) is 11.1 Å². The maximum absolute atomic E-state index is 5.90. The molecule has 0 amide bonds. The normalized spacial score (nSPS) is 20.4. The van der Waals surface area contributed by atoms with E-state index in [0.717, 1.165) is 33.9 Å². The van der Waals surface area contributed by atoms with E-state index in [1.165, 1.54) is 0 Å². The molecule has 82 valence electrons. The summed E-state index contributed by atoms with van der Waals surface area (Å²) in [6, 6.07) is 2.34. The summed E-state index contributed by atoms with van der Waals surface area (Å²) in [4.78, 5) is 13.3. The number of thiazole rings is 1. The van der Waals surface area contributed by atoms with Gasteiger partial charge >= 0.3 is 0 Å². The molecule has 3 rings (SSSR count). The highest BCUT2D eigenvalue weighted by atomic mass is 35.5. The molecule has 0 bridgehead atoms. The number of fused-ring (bicyclic) bond motifs is 1.